The van der Waals surface area contributed by atoms with Crippen LogP contribution in [0.25, 0.3) is 0 Å². The summed E-state index contributed by atoms with van der Waals surface area (Å²) in [4.78, 5) is 29.3. The highest BCUT2D eigenvalue weighted by atomic mass is 16.2. The van der Waals surface area contributed by atoms with Crippen LogP contribution >= 0.6 is 0 Å². The van der Waals surface area contributed by atoms with Crippen LogP contribution in [0.15, 0.2) is 48.5 Å². The van der Waals surface area contributed by atoms with E-state index in [0.717, 1.165) is 13.0 Å². The number of carbonyl (C=O) groups excluding carboxylic acids is 2. The minimum absolute atomic E-state index is 0.0615. The van der Waals surface area contributed by atoms with Crippen molar-refractivity contribution in [2.75, 3.05) is 18.0 Å². The zero-order valence-corrected chi connectivity index (χ0v) is 15.5. The summed E-state index contributed by atoms with van der Waals surface area (Å²) in [7, 11) is 0. The highest BCUT2D eigenvalue weighted by molar-refractivity contribution is 6.21. The first-order valence-corrected chi connectivity index (χ1v) is 9.25. The largest absolute Gasteiger partial charge is 0.366 e. The first kappa shape index (κ1) is 16.8. The van der Waals surface area contributed by atoms with Crippen molar-refractivity contribution in [2.45, 2.75) is 38.6 Å². The molecule has 2 aromatic rings. The number of hydrogen-bond donors (Lipinski definition) is 0. The fourth-order valence-corrected chi connectivity index (χ4v) is 4.28. The summed E-state index contributed by atoms with van der Waals surface area (Å²) in [5.74, 6) is -0.341. The Kier molecular flexibility index (Phi) is 3.87. The van der Waals surface area contributed by atoms with Gasteiger partial charge in [0.05, 0.1) is 11.1 Å². The Morgan fingerprint density at radius 1 is 0.962 bits per heavy atom. The lowest BCUT2D eigenvalue weighted by atomic mass is 9.87. The van der Waals surface area contributed by atoms with Gasteiger partial charge in [-0.25, -0.2) is 0 Å². The molecule has 1 unspecified atom stereocenters. The fourth-order valence-electron chi connectivity index (χ4n) is 4.28. The van der Waals surface area contributed by atoms with Crippen molar-refractivity contribution < 1.29 is 9.59 Å². The average Bonchev–Trinajstić information content (AvgIpc) is 3.06. The van der Waals surface area contributed by atoms with E-state index in [-0.39, 0.29) is 23.3 Å². The number of benzene rings is 2. The normalized spacial score (nSPS) is 18.9. The Balaban J connectivity index is 1.63. The van der Waals surface area contributed by atoms with Gasteiger partial charge >= 0.3 is 0 Å². The van der Waals surface area contributed by atoms with Gasteiger partial charge in [-0.05, 0) is 30.2 Å². The van der Waals surface area contributed by atoms with E-state index in [1.165, 1.54) is 16.2 Å². The van der Waals surface area contributed by atoms with Crippen molar-refractivity contribution in [1.82, 2.24) is 4.90 Å². The topological polar surface area (TPSA) is 40.6 Å². The quantitative estimate of drug-likeness (QED) is 0.788. The molecule has 0 aliphatic carbocycles. The van der Waals surface area contributed by atoms with Gasteiger partial charge in [0.2, 0.25) is 0 Å². The monoisotopic (exact) mass is 348 g/mol. The van der Waals surface area contributed by atoms with Gasteiger partial charge in [0, 0.05) is 30.2 Å². The molecule has 4 nitrogen and oxygen atoms in total. The number of imide groups is 1. The maximum Gasteiger partial charge on any atom is 0.261 e. The maximum atomic E-state index is 12.7. The molecule has 0 N–H and O–H groups in total. The van der Waals surface area contributed by atoms with Gasteiger partial charge in [-0.3, -0.25) is 14.5 Å². The zero-order valence-electron chi connectivity index (χ0n) is 15.5. The van der Waals surface area contributed by atoms with Crippen molar-refractivity contribution in [3.05, 3.63) is 65.2 Å². The van der Waals surface area contributed by atoms with E-state index in [1.807, 2.05) is 12.1 Å². The molecule has 2 amide bonds. The molecule has 0 bridgehead atoms. The number of amides is 2. The fraction of sp³-hybridized carbons (Fsp3) is 0.364. The van der Waals surface area contributed by atoms with Gasteiger partial charge < -0.3 is 4.90 Å². The number of fused-ring (bicyclic) bond motifs is 2. The number of hydrogen-bond acceptors (Lipinski definition) is 3. The van der Waals surface area contributed by atoms with Gasteiger partial charge in [-0.2, -0.15) is 0 Å². The number of para-hydroxylation sites is 1. The van der Waals surface area contributed by atoms with E-state index in [4.69, 9.17) is 0 Å². The van der Waals surface area contributed by atoms with Crippen LogP contribution in [-0.4, -0.2) is 35.8 Å². The van der Waals surface area contributed by atoms with Gasteiger partial charge in [0.15, 0.2) is 0 Å². The van der Waals surface area contributed by atoms with E-state index in [1.54, 1.807) is 12.1 Å². The molecule has 0 saturated carbocycles. The van der Waals surface area contributed by atoms with Crippen LogP contribution in [0, 0.1) is 0 Å². The molecule has 134 valence electrons. The molecular weight excluding hydrogens is 324 g/mol. The minimum atomic E-state index is -0.171. The Labute approximate surface area is 154 Å². The molecule has 4 heteroatoms. The van der Waals surface area contributed by atoms with Gasteiger partial charge in [-0.1, -0.05) is 51.1 Å². The number of anilines is 1. The zero-order chi connectivity index (χ0) is 18.5. The summed E-state index contributed by atoms with van der Waals surface area (Å²) >= 11 is 0. The Bertz CT molecular complexity index is 852. The molecular formula is C22H24N2O2. The molecule has 1 atom stereocenters. The first-order valence-electron chi connectivity index (χ1n) is 9.25. The van der Waals surface area contributed by atoms with E-state index in [9.17, 15) is 9.59 Å². The highest BCUT2D eigenvalue weighted by Crippen LogP contribution is 2.41. The van der Waals surface area contributed by atoms with Crippen LogP contribution in [0.4, 0.5) is 5.69 Å². The molecule has 0 spiro atoms. The van der Waals surface area contributed by atoms with E-state index < -0.39 is 0 Å². The maximum absolute atomic E-state index is 12.7. The number of nitrogens with zero attached hydrogens (tertiary/aromatic N) is 2. The molecule has 2 aliphatic heterocycles. The molecule has 0 radical (unpaired) electrons. The molecule has 0 saturated heterocycles. The Morgan fingerprint density at radius 3 is 2.15 bits per heavy atom. The predicted octanol–water partition coefficient (Wildman–Crippen LogP) is 3.86. The van der Waals surface area contributed by atoms with E-state index in [2.05, 4.69) is 49.9 Å². The van der Waals surface area contributed by atoms with Crippen LogP contribution < -0.4 is 4.90 Å². The summed E-state index contributed by atoms with van der Waals surface area (Å²) < 4.78 is 0. The van der Waals surface area contributed by atoms with Crippen LogP contribution in [-0.2, 0) is 5.41 Å². The van der Waals surface area contributed by atoms with Crippen LogP contribution in [0.5, 0.6) is 0 Å². The summed E-state index contributed by atoms with van der Waals surface area (Å²) in [5.41, 5.74) is 3.66. The van der Waals surface area contributed by atoms with Crippen LogP contribution in [0.2, 0.25) is 0 Å². The molecule has 2 aromatic carbocycles. The van der Waals surface area contributed by atoms with Crippen molar-refractivity contribution in [2.24, 2.45) is 0 Å². The van der Waals surface area contributed by atoms with Crippen molar-refractivity contribution in [3.8, 4) is 0 Å². The second kappa shape index (κ2) is 5.97. The number of carbonyl (C=O) groups is 2. The van der Waals surface area contributed by atoms with Crippen LogP contribution in [0.1, 0.15) is 53.5 Å². The number of rotatable bonds is 4. The first-order chi connectivity index (χ1) is 12.4. The minimum Gasteiger partial charge on any atom is -0.366 e. The lowest BCUT2D eigenvalue weighted by Gasteiger charge is -2.33. The van der Waals surface area contributed by atoms with Crippen molar-refractivity contribution in [3.63, 3.8) is 0 Å². The molecule has 4 rings (SSSR count). The molecule has 2 aliphatic rings. The Morgan fingerprint density at radius 2 is 1.54 bits per heavy atom. The van der Waals surface area contributed by atoms with Gasteiger partial charge in [-0.15, -0.1) is 0 Å². The van der Waals surface area contributed by atoms with E-state index >= 15 is 0 Å². The Hall–Kier alpha value is -2.62. The molecule has 2 heterocycles. The summed E-state index contributed by atoms with van der Waals surface area (Å²) in [6.45, 7) is 7.94. The second-order valence-electron chi connectivity index (χ2n) is 7.86. The lowest BCUT2D eigenvalue weighted by Crippen LogP contribution is -2.46. The van der Waals surface area contributed by atoms with Crippen molar-refractivity contribution >= 4 is 17.5 Å². The average molecular weight is 348 g/mol. The second-order valence-corrected chi connectivity index (χ2v) is 7.86. The van der Waals surface area contributed by atoms with Crippen LogP contribution in [0.3, 0.4) is 0 Å². The predicted molar refractivity (Wildman–Crippen MR) is 103 cm³/mol. The van der Waals surface area contributed by atoms with E-state index in [0.29, 0.717) is 17.7 Å². The van der Waals surface area contributed by atoms with Gasteiger partial charge in [0.1, 0.15) is 0 Å². The third-order valence-electron chi connectivity index (χ3n) is 5.69. The van der Waals surface area contributed by atoms with Crippen molar-refractivity contribution in [1.29, 1.82) is 0 Å². The highest BCUT2D eigenvalue weighted by Gasteiger charge is 2.41. The summed E-state index contributed by atoms with van der Waals surface area (Å²) in [5, 5.41) is 0. The smallest absolute Gasteiger partial charge is 0.261 e. The third kappa shape index (κ3) is 2.44. The standard InChI is InChI=1S/C22H24N2O2/c1-4-15(24-14-22(2,3)18-11-7-8-12-19(18)24)13-23-20(25)16-9-5-6-10-17(16)21(23)26/h5-12,15H,4,13-14H2,1-3H3. The van der Waals surface area contributed by atoms with Gasteiger partial charge in [0.25, 0.3) is 11.8 Å². The SMILES string of the molecule is CCC(CN1C(=O)c2ccccc2C1=O)N1CC(C)(C)c2ccccc21. The molecule has 26 heavy (non-hydrogen) atoms. The summed E-state index contributed by atoms with van der Waals surface area (Å²) in [6, 6.07) is 15.7. The lowest BCUT2D eigenvalue weighted by molar-refractivity contribution is 0.0643. The summed E-state index contributed by atoms with van der Waals surface area (Å²) in [6.07, 6.45) is 0.873. The third-order valence-corrected chi connectivity index (χ3v) is 5.69. The molecule has 0 fully saturated rings. The molecule has 0 aromatic heterocycles.